The quantitative estimate of drug-likeness (QED) is 0.280. The summed E-state index contributed by atoms with van der Waals surface area (Å²) in [6.07, 6.45) is 11.2. The lowest BCUT2D eigenvalue weighted by Gasteiger charge is -2.48. The van der Waals surface area contributed by atoms with Crippen molar-refractivity contribution in [2.45, 2.75) is 82.2 Å². The third kappa shape index (κ3) is 6.44. The van der Waals surface area contributed by atoms with Gasteiger partial charge in [-0.15, -0.1) is 6.58 Å². The normalized spacial score (nSPS) is 26.3. The smallest absolute Gasteiger partial charge is 0.258 e. The van der Waals surface area contributed by atoms with E-state index in [4.69, 9.17) is 4.98 Å². The van der Waals surface area contributed by atoms with Gasteiger partial charge >= 0.3 is 0 Å². The number of hydrogen-bond donors (Lipinski definition) is 2. The molecule has 9 heteroatoms. The molecule has 6 rings (SSSR count). The molecular formula is C34H45N5O3S. The number of nitrogens with zero attached hydrogens (tertiary/aromatic N) is 3. The summed E-state index contributed by atoms with van der Waals surface area (Å²) in [5.41, 5.74) is 3.28. The fourth-order valence-corrected chi connectivity index (χ4v) is 9.24. The van der Waals surface area contributed by atoms with Gasteiger partial charge in [-0.1, -0.05) is 31.6 Å². The minimum atomic E-state index is -3.76. The topological polar surface area (TPSA) is 96.3 Å². The van der Waals surface area contributed by atoms with E-state index < -0.39 is 10.0 Å². The molecule has 0 radical (unpaired) electrons. The lowest BCUT2D eigenvalue weighted by molar-refractivity contribution is 0.0565. The standard InChI is InChI=1S/C34H45N5O3S/c1-4-13-35-43(41,42)29-10-8-9-28(20-29)32(40)37-33-36-30-12-11-25(23-38-14-6-5-7-15-38)19-31(30)39(33)34(3)21-26-16-24(2)17-27(18-26)22-34/h4,8-12,19-20,24,26-27,35H,1,5-7,13-18,21-23H2,2-3H3,(H,36,37,40). The predicted octanol–water partition coefficient (Wildman–Crippen LogP) is 6.30. The van der Waals surface area contributed by atoms with E-state index in [1.54, 1.807) is 12.1 Å². The molecule has 1 amide bonds. The van der Waals surface area contributed by atoms with E-state index >= 15 is 0 Å². The zero-order valence-electron chi connectivity index (χ0n) is 25.5. The van der Waals surface area contributed by atoms with E-state index in [-0.39, 0.29) is 28.4 Å². The van der Waals surface area contributed by atoms with Crippen LogP contribution in [0.3, 0.4) is 0 Å². The van der Waals surface area contributed by atoms with Crippen LogP contribution in [0.5, 0.6) is 0 Å². The first kappa shape index (κ1) is 30.0. The zero-order chi connectivity index (χ0) is 30.2. The number of imidazole rings is 1. The van der Waals surface area contributed by atoms with Crippen LogP contribution in [-0.4, -0.2) is 48.4 Å². The molecule has 1 aliphatic heterocycles. The van der Waals surface area contributed by atoms with Crippen molar-refractivity contribution in [3.63, 3.8) is 0 Å². The molecule has 2 atom stereocenters. The van der Waals surface area contributed by atoms with Gasteiger partial charge in [0.15, 0.2) is 0 Å². The second kappa shape index (κ2) is 12.2. The number of rotatable bonds is 9. The van der Waals surface area contributed by atoms with Gasteiger partial charge in [-0.25, -0.2) is 18.1 Å². The number of nitrogens with one attached hydrogen (secondary N) is 2. The molecule has 2 unspecified atom stereocenters. The monoisotopic (exact) mass is 603 g/mol. The SMILES string of the molecule is C=CCNS(=O)(=O)c1cccc(C(=O)Nc2nc3ccc(CN4CCCCC4)cc3n2C2(C)CC3CC(C)CC(C3)C2)c1. The number of anilines is 1. The Morgan fingerprint density at radius 3 is 2.53 bits per heavy atom. The molecular weight excluding hydrogens is 558 g/mol. The van der Waals surface area contributed by atoms with Crippen LogP contribution in [0.2, 0.25) is 0 Å². The van der Waals surface area contributed by atoms with Crippen molar-refractivity contribution >= 4 is 32.9 Å². The Morgan fingerprint density at radius 1 is 1.07 bits per heavy atom. The fraction of sp³-hybridized carbons (Fsp3) is 0.529. The van der Waals surface area contributed by atoms with Gasteiger partial charge in [0, 0.05) is 24.2 Å². The number of benzene rings is 2. The number of aromatic nitrogens is 2. The Labute approximate surface area is 256 Å². The molecule has 3 aromatic rings. The van der Waals surface area contributed by atoms with Crippen molar-refractivity contribution in [2.75, 3.05) is 25.0 Å². The van der Waals surface area contributed by atoms with E-state index in [0.717, 1.165) is 49.4 Å². The maximum absolute atomic E-state index is 13.7. The fourth-order valence-electron chi connectivity index (χ4n) is 8.20. The first-order valence-electron chi connectivity index (χ1n) is 15.9. The van der Waals surface area contributed by atoms with Gasteiger partial charge in [0.05, 0.1) is 15.9 Å². The van der Waals surface area contributed by atoms with Gasteiger partial charge in [-0.3, -0.25) is 15.0 Å². The van der Waals surface area contributed by atoms with E-state index in [2.05, 4.69) is 58.1 Å². The summed E-state index contributed by atoms with van der Waals surface area (Å²) in [7, 11) is -3.76. The number of carbonyl (C=O) groups is 1. The van der Waals surface area contributed by atoms with E-state index in [0.29, 0.717) is 17.8 Å². The van der Waals surface area contributed by atoms with Gasteiger partial charge < -0.3 is 4.57 Å². The average molecular weight is 604 g/mol. The van der Waals surface area contributed by atoms with Crippen LogP contribution in [0, 0.1) is 17.8 Å². The van der Waals surface area contributed by atoms with E-state index in [1.807, 2.05) is 0 Å². The maximum atomic E-state index is 13.7. The van der Waals surface area contributed by atoms with Gasteiger partial charge in [0.1, 0.15) is 0 Å². The lowest BCUT2D eigenvalue weighted by atomic mass is 9.62. The van der Waals surface area contributed by atoms with E-state index in [1.165, 1.54) is 62.3 Å². The van der Waals surface area contributed by atoms with Crippen molar-refractivity contribution < 1.29 is 13.2 Å². The first-order chi connectivity index (χ1) is 20.6. The van der Waals surface area contributed by atoms with Crippen LogP contribution in [-0.2, 0) is 22.1 Å². The van der Waals surface area contributed by atoms with Gasteiger partial charge in [0.2, 0.25) is 16.0 Å². The third-order valence-electron chi connectivity index (χ3n) is 9.76. The van der Waals surface area contributed by atoms with Gasteiger partial charge in [-0.05, 0) is 119 Å². The van der Waals surface area contributed by atoms with Crippen LogP contribution in [0.4, 0.5) is 5.95 Å². The highest BCUT2D eigenvalue weighted by atomic mass is 32.2. The summed E-state index contributed by atoms with van der Waals surface area (Å²) in [5, 5.41) is 3.11. The molecule has 1 aromatic heterocycles. The molecule has 0 spiro atoms. The largest absolute Gasteiger partial charge is 0.304 e. The molecule has 2 N–H and O–H groups in total. The van der Waals surface area contributed by atoms with Crippen molar-refractivity contribution in [2.24, 2.45) is 17.8 Å². The Kier molecular flexibility index (Phi) is 8.50. The zero-order valence-corrected chi connectivity index (χ0v) is 26.3. The number of fused-ring (bicyclic) bond motifs is 3. The number of amides is 1. The Balaban J connectivity index is 1.36. The van der Waals surface area contributed by atoms with Crippen LogP contribution < -0.4 is 10.0 Å². The first-order valence-corrected chi connectivity index (χ1v) is 17.4. The Morgan fingerprint density at radius 2 is 1.81 bits per heavy atom. The summed E-state index contributed by atoms with van der Waals surface area (Å²) >= 11 is 0. The minimum Gasteiger partial charge on any atom is -0.304 e. The molecule has 2 aromatic carbocycles. The summed E-state index contributed by atoms with van der Waals surface area (Å²) in [6, 6.07) is 12.7. The number of likely N-dealkylation sites (tertiary alicyclic amines) is 1. The molecule has 3 fully saturated rings. The van der Waals surface area contributed by atoms with Gasteiger partial charge in [-0.2, -0.15) is 0 Å². The number of carbonyl (C=O) groups excluding carboxylic acids is 1. The average Bonchev–Trinajstić information content (AvgIpc) is 3.34. The Hall–Kier alpha value is -3.01. The van der Waals surface area contributed by atoms with Crippen molar-refractivity contribution in [1.29, 1.82) is 0 Å². The van der Waals surface area contributed by atoms with Crippen LogP contribution in [0.1, 0.15) is 81.1 Å². The highest BCUT2D eigenvalue weighted by molar-refractivity contribution is 7.89. The van der Waals surface area contributed by atoms with Crippen LogP contribution in [0.15, 0.2) is 60.0 Å². The van der Waals surface area contributed by atoms with Crippen molar-refractivity contribution in [3.8, 4) is 0 Å². The molecule has 2 saturated carbocycles. The maximum Gasteiger partial charge on any atom is 0.258 e. The second-order valence-electron chi connectivity index (χ2n) is 13.5. The van der Waals surface area contributed by atoms with Crippen molar-refractivity contribution in [3.05, 3.63) is 66.2 Å². The molecule has 8 nitrogen and oxygen atoms in total. The highest BCUT2D eigenvalue weighted by Crippen LogP contribution is 2.51. The third-order valence-corrected chi connectivity index (χ3v) is 11.2. The number of sulfonamides is 1. The number of piperidine rings is 1. The summed E-state index contributed by atoms with van der Waals surface area (Å²) in [6.45, 7) is 11.6. The van der Waals surface area contributed by atoms with Crippen molar-refractivity contribution in [1.82, 2.24) is 19.2 Å². The minimum absolute atomic E-state index is 0.0408. The Bertz CT molecular complexity index is 1590. The summed E-state index contributed by atoms with van der Waals surface area (Å²) in [5.74, 6) is 2.24. The second-order valence-corrected chi connectivity index (χ2v) is 15.3. The van der Waals surface area contributed by atoms with Gasteiger partial charge in [0.25, 0.3) is 5.91 Å². The predicted molar refractivity (Wildman–Crippen MR) is 172 cm³/mol. The molecule has 1 saturated heterocycles. The molecule has 3 aliphatic rings. The van der Waals surface area contributed by atoms with E-state index in [9.17, 15) is 13.2 Å². The van der Waals surface area contributed by atoms with Crippen LogP contribution >= 0.6 is 0 Å². The summed E-state index contributed by atoms with van der Waals surface area (Å²) in [4.78, 5) is 21.2. The molecule has 2 aliphatic carbocycles. The molecule has 43 heavy (non-hydrogen) atoms. The molecule has 2 heterocycles. The molecule has 230 valence electrons. The lowest BCUT2D eigenvalue weighted by Crippen LogP contribution is -2.43. The summed E-state index contributed by atoms with van der Waals surface area (Å²) < 4.78 is 30.2. The molecule has 2 bridgehead atoms. The number of hydrogen-bond acceptors (Lipinski definition) is 5. The van der Waals surface area contributed by atoms with Crippen LogP contribution in [0.25, 0.3) is 11.0 Å². The highest BCUT2D eigenvalue weighted by Gasteiger charge is 2.43.